The van der Waals surface area contributed by atoms with Crippen LogP contribution in [0.4, 0.5) is 11.4 Å². The smallest absolute Gasteiger partial charge is 0.310 e. The molecule has 2 aliphatic rings. The highest BCUT2D eigenvalue weighted by atomic mass is 16.7. The van der Waals surface area contributed by atoms with Crippen molar-refractivity contribution in [3.05, 3.63) is 28.6 Å². The quantitative estimate of drug-likeness (QED) is 0.593. The normalized spacial score (nSPS) is 21.8. The molecule has 0 aliphatic carbocycles. The summed E-state index contributed by atoms with van der Waals surface area (Å²) in [7, 11) is 0. The maximum absolute atomic E-state index is 11.0. The summed E-state index contributed by atoms with van der Waals surface area (Å²) >= 11 is 0. The molecule has 1 aromatic heterocycles. The van der Waals surface area contributed by atoms with Gasteiger partial charge in [-0.1, -0.05) is 0 Å². The minimum Gasteiger partial charge on any atom is -0.365 e. The van der Waals surface area contributed by atoms with Gasteiger partial charge in [0, 0.05) is 32.1 Å². The molecule has 0 unspecified atom stereocenters. The summed E-state index contributed by atoms with van der Waals surface area (Å²) in [6.45, 7) is 2.64. The zero-order valence-electron chi connectivity index (χ0n) is 10.4. The van der Waals surface area contributed by atoms with Gasteiger partial charge in [0.05, 0.1) is 18.1 Å². The first kappa shape index (κ1) is 12.3. The molecule has 2 fully saturated rings. The molecule has 2 saturated heterocycles. The monoisotopic (exact) mass is 265 g/mol. The van der Waals surface area contributed by atoms with Gasteiger partial charge in [0.15, 0.2) is 5.79 Å². The van der Waals surface area contributed by atoms with Gasteiger partial charge in [0.1, 0.15) is 11.9 Å². The number of nitrogens with zero attached hydrogens (tertiary/aromatic N) is 3. The van der Waals surface area contributed by atoms with E-state index in [4.69, 9.17) is 9.47 Å². The Morgan fingerprint density at radius 1 is 1.32 bits per heavy atom. The summed E-state index contributed by atoms with van der Waals surface area (Å²) < 4.78 is 11.3. The van der Waals surface area contributed by atoms with E-state index in [2.05, 4.69) is 4.98 Å². The largest absolute Gasteiger partial charge is 0.365 e. The topological polar surface area (TPSA) is 77.7 Å². The molecule has 0 atom stereocenters. The lowest BCUT2D eigenvalue weighted by atomic mass is 10.0. The van der Waals surface area contributed by atoms with E-state index < -0.39 is 10.7 Å². The SMILES string of the molecule is O=[N+]([O-])c1cnccc1N1CCC2(CC1)OCCO2. The van der Waals surface area contributed by atoms with Crippen molar-refractivity contribution in [2.24, 2.45) is 0 Å². The highest BCUT2D eigenvalue weighted by molar-refractivity contribution is 5.61. The lowest BCUT2D eigenvalue weighted by molar-refractivity contribution is -0.384. The van der Waals surface area contributed by atoms with Gasteiger partial charge in [-0.25, -0.2) is 0 Å². The maximum Gasteiger partial charge on any atom is 0.310 e. The Morgan fingerprint density at radius 3 is 2.63 bits per heavy atom. The van der Waals surface area contributed by atoms with Gasteiger partial charge in [-0.3, -0.25) is 15.1 Å². The Bertz CT molecular complexity index is 478. The molecule has 102 valence electrons. The van der Waals surface area contributed by atoms with Crippen molar-refractivity contribution in [1.29, 1.82) is 0 Å². The predicted molar refractivity (Wildman–Crippen MR) is 67.0 cm³/mol. The number of rotatable bonds is 2. The second-order valence-electron chi connectivity index (χ2n) is 4.72. The Morgan fingerprint density at radius 2 is 2.00 bits per heavy atom. The zero-order chi connectivity index (χ0) is 13.3. The molecule has 7 heteroatoms. The van der Waals surface area contributed by atoms with Crippen LogP contribution in [0.5, 0.6) is 0 Å². The lowest BCUT2D eigenvalue weighted by Crippen LogP contribution is -2.45. The molecule has 19 heavy (non-hydrogen) atoms. The van der Waals surface area contributed by atoms with Gasteiger partial charge in [-0.05, 0) is 6.07 Å². The molecule has 1 spiro atoms. The van der Waals surface area contributed by atoms with Crippen LogP contribution >= 0.6 is 0 Å². The zero-order valence-corrected chi connectivity index (χ0v) is 10.4. The van der Waals surface area contributed by atoms with E-state index in [-0.39, 0.29) is 5.69 Å². The standard InChI is InChI=1S/C12H15N3O4/c16-15(17)11-9-13-4-1-10(11)14-5-2-12(3-6-14)18-7-8-19-12/h1,4,9H,2-3,5-8H2. The van der Waals surface area contributed by atoms with E-state index in [1.807, 2.05) is 4.90 Å². The van der Waals surface area contributed by atoms with Gasteiger partial charge >= 0.3 is 5.69 Å². The fourth-order valence-electron chi connectivity index (χ4n) is 2.66. The van der Waals surface area contributed by atoms with Gasteiger partial charge in [-0.15, -0.1) is 0 Å². The third-order valence-corrected chi connectivity index (χ3v) is 3.65. The first-order chi connectivity index (χ1) is 9.20. The molecule has 0 saturated carbocycles. The third-order valence-electron chi connectivity index (χ3n) is 3.65. The molecule has 3 rings (SSSR count). The summed E-state index contributed by atoms with van der Waals surface area (Å²) in [4.78, 5) is 16.4. The number of piperidine rings is 1. The van der Waals surface area contributed by atoms with E-state index in [0.717, 1.165) is 12.8 Å². The van der Waals surface area contributed by atoms with Crippen LogP contribution in [0.1, 0.15) is 12.8 Å². The van der Waals surface area contributed by atoms with Crippen molar-refractivity contribution < 1.29 is 14.4 Å². The second kappa shape index (κ2) is 4.75. The minimum absolute atomic E-state index is 0.0479. The van der Waals surface area contributed by atoms with Crippen LogP contribution in [0, 0.1) is 10.1 Å². The fraction of sp³-hybridized carbons (Fsp3) is 0.583. The predicted octanol–water partition coefficient (Wildman–Crippen LogP) is 1.33. The molecule has 0 bridgehead atoms. The van der Waals surface area contributed by atoms with Crippen molar-refractivity contribution in [3.8, 4) is 0 Å². The number of hydrogen-bond donors (Lipinski definition) is 0. The summed E-state index contributed by atoms with van der Waals surface area (Å²) in [5.74, 6) is -0.460. The number of ether oxygens (including phenoxy) is 2. The van der Waals surface area contributed by atoms with Crippen molar-refractivity contribution >= 4 is 11.4 Å². The molecular formula is C12H15N3O4. The first-order valence-corrected chi connectivity index (χ1v) is 6.31. The Labute approximate surface area is 110 Å². The fourth-order valence-corrected chi connectivity index (χ4v) is 2.66. The first-order valence-electron chi connectivity index (χ1n) is 6.31. The molecule has 3 heterocycles. The van der Waals surface area contributed by atoms with Gasteiger partial charge in [0.2, 0.25) is 0 Å². The second-order valence-corrected chi connectivity index (χ2v) is 4.72. The van der Waals surface area contributed by atoms with E-state index >= 15 is 0 Å². The molecule has 7 nitrogen and oxygen atoms in total. The maximum atomic E-state index is 11.0. The number of pyridine rings is 1. The summed E-state index contributed by atoms with van der Waals surface area (Å²) in [6.07, 6.45) is 4.33. The molecule has 0 radical (unpaired) electrons. The Hall–Kier alpha value is -1.73. The molecular weight excluding hydrogens is 250 g/mol. The van der Waals surface area contributed by atoms with E-state index in [1.54, 1.807) is 12.3 Å². The molecule has 1 aromatic rings. The number of hydrogen-bond acceptors (Lipinski definition) is 6. The van der Waals surface area contributed by atoms with Gasteiger partial charge < -0.3 is 14.4 Å². The van der Waals surface area contributed by atoms with Crippen LogP contribution in [0.3, 0.4) is 0 Å². The third kappa shape index (κ3) is 2.26. The van der Waals surface area contributed by atoms with Gasteiger partial charge in [-0.2, -0.15) is 0 Å². The molecule has 0 aromatic carbocycles. The lowest BCUT2D eigenvalue weighted by Gasteiger charge is -2.38. The highest BCUT2D eigenvalue weighted by Crippen LogP contribution is 2.35. The van der Waals surface area contributed by atoms with Crippen molar-refractivity contribution in [2.45, 2.75) is 18.6 Å². The van der Waals surface area contributed by atoms with Crippen LogP contribution in [0.25, 0.3) is 0 Å². The van der Waals surface area contributed by atoms with Crippen molar-refractivity contribution in [1.82, 2.24) is 4.98 Å². The van der Waals surface area contributed by atoms with Crippen molar-refractivity contribution in [3.63, 3.8) is 0 Å². The average Bonchev–Trinajstić information content (AvgIpc) is 2.88. The summed E-state index contributed by atoms with van der Waals surface area (Å²) in [5, 5.41) is 11.0. The van der Waals surface area contributed by atoms with Gasteiger partial charge in [0.25, 0.3) is 0 Å². The molecule has 2 aliphatic heterocycles. The van der Waals surface area contributed by atoms with Crippen LogP contribution in [-0.4, -0.2) is 42.0 Å². The van der Waals surface area contributed by atoms with Crippen LogP contribution in [0.2, 0.25) is 0 Å². The number of nitro groups is 1. The van der Waals surface area contributed by atoms with E-state index in [9.17, 15) is 10.1 Å². The molecule has 0 N–H and O–H groups in total. The van der Waals surface area contributed by atoms with Crippen molar-refractivity contribution in [2.75, 3.05) is 31.2 Å². The number of anilines is 1. The number of aromatic nitrogens is 1. The summed E-state index contributed by atoms with van der Waals surface area (Å²) in [5.41, 5.74) is 0.666. The summed E-state index contributed by atoms with van der Waals surface area (Å²) in [6, 6.07) is 1.69. The highest BCUT2D eigenvalue weighted by Gasteiger charge is 2.40. The van der Waals surface area contributed by atoms with E-state index in [1.165, 1.54) is 6.20 Å². The average molecular weight is 265 g/mol. The van der Waals surface area contributed by atoms with Crippen LogP contribution < -0.4 is 4.90 Å². The Balaban J connectivity index is 1.76. The van der Waals surface area contributed by atoms with Crippen LogP contribution in [0.15, 0.2) is 18.5 Å². The van der Waals surface area contributed by atoms with E-state index in [0.29, 0.717) is 32.0 Å². The van der Waals surface area contributed by atoms with Crippen LogP contribution in [-0.2, 0) is 9.47 Å². The minimum atomic E-state index is -0.460. The molecule has 0 amide bonds. The Kier molecular flexibility index (Phi) is 3.08.